The molecule has 1 N–H and O–H groups in total. The molecule has 2 aromatic rings. The van der Waals surface area contributed by atoms with Crippen LogP contribution in [-0.4, -0.2) is 5.11 Å². The molecule has 1 atom stereocenters. The zero-order valence-corrected chi connectivity index (χ0v) is 14.1. The van der Waals surface area contributed by atoms with E-state index < -0.39 is 0 Å². The van der Waals surface area contributed by atoms with Crippen molar-refractivity contribution in [3.8, 4) is 16.9 Å². The Balaban J connectivity index is 2.69. The summed E-state index contributed by atoms with van der Waals surface area (Å²) < 4.78 is 14.2. The van der Waals surface area contributed by atoms with Crippen LogP contribution in [0.4, 0.5) is 4.39 Å². The van der Waals surface area contributed by atoms with Crippen molar-refractivity contribution < 1.29 is 9.50 Å². The second-order valence-corrected chi connectivity index (χ2v) is 6.72. The van der Waals surface area contributed by atoms with Gasteiger partial charge in [0.15, 0.2) is 0 Å². The number of aromatic hydroxyl groups is 1. The fourth-order valence-electron chi connectivity index (χ4n) is 2.48. The van der Waals surface area contributed by atoms with Crippen molar-refractivity contribution in [1.82, 2.24) is 0 Å². The molecule has 21 heavy (non-hydrogen) atoms. The van der Waals surface area contributed by atoms with Crippen molar-refractivity contribution >= 4 is 14.5 Å². The van der Waals surface area contributed by atoms with Gasteiger partial charge in [0, 0.05) is 5.56 Å². The molecule has 0 radical (unpaired) electrons. The number of hydrogen-bond acceptors (Lipinski definition) is 1. The third-order valence-electron chi connectivity index (χ3n) is 3.72. The SMILES string of the molecule is CC(C)c1cc(-c2ccc(P)cc2F)cc(C(C)C)c1O. The Morgan fingerprint density at radius 2 is 1.48 bits per heavy atom. The first-order valence-electron chi connectivity index (χ1n) is 7.23. The van der Waals surface area contributed by atoms with Crippen LogP contribution in [0.3, 0.4) is 0 Å². The molecular formula is C18H22FOP. The van der Waals surface area contributed by atoms with E-state index in [1.54, 1.807) is 6.07 Å². The van der Waals surface area contributed by atoms with E-state index in [0.29, 0.717) is 11.3 Å². The predicted molar refractivity (Wildman–Crippen MR) is 91.0 cm³/mol. The van der Waals surface area contributed by atoms with Crippen molar-refractivity contribution in [1.29, 1.82) is 0 Å². The maximum atomic E-state index is 14.2. The molecule has 0 amide bonds. The molecule has 2 aromatic carbocycles. The monoisotopic (exact) mass is 304 g/mol. The van der Waals surface area contributed by atoms with Crippen LogP contribution in [-0.2, 0) is 0 Å². The number of phenolic OH excluding ortho intramolecular Hbond substituents is 1. The second-order valence-electron chi connectivity index (χ2n) is 6.05. The molecule has 0 aliphatic heterocycles. The molecule has 1 unspecified atom stereocenters. The topological polar surface area (TPSA) is 20.2 Å². The lowest BCUT2D eigenvalue weighted by Crippen LogP contribution is -1.99. The lowest BCUT2D eigenvalue weighted by molar-refractivity contribution is 0.454. The summed E-state index contributed by atoms with van der Waals surface area (Å²) in [4.78, 5) is 0. The van der Waals surface area contributed by atoms with Crippen LogP contribution in [0.25, 0.3) is 11.1 Å². The van der Waals surface area contributed by atoms with Gasteiger partial charge in [0.25, 0.3) is 0 Å². The summed E-state index contributed by atoms with van der Waals surface area (Å²) in [5.74, 6) is 0.474. The van der Waals surface area contributed by atoms with Crippen LogP contribution < -0.4 is 5.30 Å². The third kappa shape index (κ3) is 3.27. The molecule has 1 nitrogen and oxygen atoms in total. The molecule has 2 rings (SSSR count). The largest absolute Gasteiger partial charge is 0.507 e. The van der Waals surface area contributed by atoms with E-state index in [-0.39, 0.29) is 17.7 Å². The molecule has 0 bridgehead atoms. The summed E-state index contributed by atoms with van der Waals surface area (Å²) in [5.41, 5.74) is 3.13. The molecule has 0 aliphatic rings. The number of benzene rings is 2. The van der Waals surface area contributed by atoms with Gasteiger partial charge in [-0.15, -0.1) is 9.24 Å². The molecule has 0 heterocycles. The summed E-state index contributed by atoms with van der Waals surface area (Å²) in [6, 6.07) is 8.97. The van der Waals surface area contributed by atoms with Gasteiger partial charge in [-0.05, 0) is 52.0 Å². The van der Waals surface area contributed by atoms with Gasteiger partial charge >= 0.3 is 0 Å². The fraction of sp³-hybridized carbons (Fsp3) is 0.333. The van der Waals surface area contributed by atoms with Gasteiger partial charge in [0.1, 0.15) is 11.6 Å². The third-order valence-corrected chi connectivity index (χ3v) is 4.08. The minimum atomic E-state index is -0.238. The van der Waals surface area contributed by atoms with Gasteiger partial charge in [-0.2, -0.15) is 0 Å². The highest BCUT2D eigenvalue weighted by molar-refractivity contribution is 7.27. The van der Waals surface area contributed by atoms with Gasteiger partial charge in [-0.3, -0.25) is 0 Å². The zero-order chi connectivity index (χ0) is 15.7. The Hall–Kier alpha value is -1.40. The average molecular weight is 304 g/mol. The van der Waals surface area contributed by atoms with E-state index in [9.17, 15) is 9.50 Å². The number of hydrogen-bond donors (Lipinski definition) is 1. The summed E-state index contributed by atoms with van der Waals surface area (Å²) in [6.07, 6.45) is 0. The maximum absolute atomic E-state index is 14.2. The average Bonchev–Trinajstić information content (AvgIpc) is 2.38. The number of halogens is 1. The Labute approximate surface area is 128 Å². The van der Waals surface area contributed by atoms with E-state index in [1.165, 1.54) is 6.07 Å². The van der Waals surface area contributed by atoms with Crippen LogP contribution >= 0.6 is 9.24 Å². The van der Waals surface area contributed by atoms with Crippen molar-refractivity contribution in [2.24, 2.45) is 0 Å². The highest BCUT2D eigenvalue weighted by atomic mass is 31.0. The summed E-state index contributed by atoms with van der Waals surface area (Å²) in [5, 5.41) is 11.2. The smallest absolute Gasteiger partial charge is 0.131 e. The molecule has 3 heteroatoms. The zero-order valence-electron chi connectivity index (χ0n) is 12.9. The standard InChI is InChI=1S/C18H22FOP/c1-10(2)15-7-12(8-16(11(3)4)18(15)20)14-6-5-13(21)9-17(14)19/h5-11,20H,21H2,1-4H3. The summed E-state index contributed by atoms with van der Waals surface area (Å²) in [6.45, 7) is 8.13. The molecule has 0 saturated carbocycles. The number of phenols is 1. The first-order chi connectivity index (χ1) is 9.81. The van der Waals surface area contributed by atoms with E-state index in [1.807, 2.05) is 45.9 Å². The number of rotatable bonds is 3. The maximum Gasteiger partial charge on any atom is 0.131 e. The van der Waals surface area contributed by atoms with E-state index in [2.05, 4.69) is 9.24 Å². The second kappa shape index (κ2) is 6.15. The lowest BCUT2D eigenvalue weighted by atomic mass is 9.89. The van der Waals surface area contributed by atoms with Crippen LogP contribution in [0.15, 0.2) is 30.3 Å². The van der Waals surface area contributed by atoms with E-state index in [0.717, 1.165) is 22.0 Å². The van der Waals surface area contributed by atoms with E-state index in [4.69, 9.17) is 0 Å². The Bertz CT molecular complexity index is 633. The van der Waals surface area contributed by atoms with Crippen LogP contribution in [0.5, 0.6) is 5.75 Å². The van der Waals surface area contributed by atoms with Crippen LogP contribution in [0, 0.1) is 5.82 Å². The van der Waals surface area contributed by atoms with Gasteiger partial charge in [0.05, 0.1) is 0 Å². The Morgan fingerprint density at radius 3 is 1.90 bits per heavy atom. The minimum Gasteiger partial charge on any atom is -0.507 e. The summed E-state index contributed by atoms with van der Waals surface area (Å²) >= 11 is 0. The molecule has 112 valence electrons. The lowest BCUT2D eigenvalue weighted by Gasteiger charge is -2.18. The van der Waals surface area contributed by atoms with Crippen molar-refractivity contribution in [3.63, 3.8) is 0 Å². The quantitative estimate of drug-likeness (QED) is 0.796. The molecule has 0 fully saturated rings. The minimum absolute atomic E-state index is 0.187. The molecule has 0 spiro atoms. The predicted octanol–water partition coefficient (Wildman–Crippen LogP) is 4.95. The molecule has 0 aromatic heterocycles. The highest BCUT2D eigenvalue weighted by Gasteiger charge is 2.17. The van der Waals surface area contributed by atoms with Crippen LogP contribution in [0.2, 0.25) is 0 Å². The Morgan fingerprint density at radius 1 is 0.952 bits per heavy atom. The highest BCUT2D eigenvalue weighted by Crippen LogP contribution is 2.38. The molecular weight excluding hydrogens is 282 g/mol. The molecule has 0 aliphatic carbocycles. The first-order valence-corrected chi connectivity index (χ1v) is 7.81. The Kier molecular flexibility index (Phi) is 4.68. The van der Waals surface area contributed by atoms with Gasteiger partial charge in [-0.25, -0.2) is 4.39 Å². The van der Waals surface area contributed by atoms with E-state index >= 15 is 0 Å². The van der Waals surface area contributed by atoms with Gasteiger partial charge < -0.3 is 5.11 Å². The first kappa shape index (κ1) is 16.0. The molecule has 0 saturated heterocycles. The summed E-state index contributed by atoms with van der Waals surface area (Å²) in [7, 11) is 2.50. The normalized spacial score (nSPS) is 11.4. The van der Waals surface area contributed by atoms with Crippen molar-refractivity contribution in [2.75, 3.05) is 0 Å². The van der Waals surface area contributed by atoms with Gasteiger partial charge in [-0.1, -0.05) is 39.8 Å². The van der Waals surface area contributed by atoms with Crippen molar-refractivity contribution in [3.05, 3.63) is 47.3 Å². The van der Waals surface area contributed by atoms with Crippen LogP contribution in [0.1, 0.15) is 50.7 Å². The fourth-order valence-corrected chi connectivity index (χ4v) is 2.72. The van der Waals surface area contributed by atoms with Crippen molar-refractivity contribution in [2.45, 2.75) is 39.5 Å². The van der Waals surface area contributed by atoms with Gasteiger partial charge in [0.2, 0.25) is 0 Å².